The Morgan fingerprint density at radius 3 is 2.44 bits per heavy atom. The monoisotopic (exact) mass is 479 g/mol. The van der Waals surface area contributed by atoms with Gasteiger partial charge in [-0.1, -0.05) is 48.5 Å². The fourth-order valence-electron chi connectivity index (χ4n) is 2.97. The van der Waals surface area contributed by atoms with E-state index < -0.39 is 5.25 Å². The highest BCUT2D eigenvalue weighted by atomic mass is 32.2. The number of anilines is 1. The number of rotatable bonds is 8. The van der Waals surface area contributed by atoms with Crippen LogP contribution >= 0.6 is 34.4 Å². The topological polar surface area (TPSA) is 71.1 Å². The van der Waals surface area contributed by atoms with Gasteiger partial charge in [0, 0.05) is 22.1 Å². The van der Waals surface area contributed by atoms with E-state index in [0.29, 0.717) is 11.7 Å². The first-order chi connectivity index (χ1) is 15.6. The third-order valence-corrected chi connectivity index (χ3v) is 7.63. The van der Waals surface area contributed by atoms with Crippen LogP contribution in [0.3, 0.4) is 0 Å². The fraction of sp³-hybridized carbons (Fsp3) is 0.125. The summed E-state index contributed by atoms with van der Waals surface area (Å²) in [5.41, 5.74) is 1.76. The fourth-order valence-corrected chi connectivity index (χ4v) is 5.72. The molecule has 32 heavy (non-hydrogen) atoms. The number of thiophene rings is 1. The lowest BCUT2D eigenvalue weighted by atomic mass is 10.1. The zero-order valence-electron chi connectivity index (χ0n) is 17.3. The first-order valence-corrected chi connectivity index (χ1v) is 12.5. The predicted molar refractivity (Wildman–Crippen MR) is 133 cm³/mol. The van der Waals surface area contributed by atoms with Crippen LogP contribution in [0.4, 0.5) is 5.13 Å². The van der Waals surface area contributed by atoms with E-state index in [0.717, 1.165) is 25.9 Å². The highest BCUT2D eigenvalue weighted by Crippen LogP contribution is 2.37. The van der Waals surface area contributed by atoms with Gasteiger partial charge in [-0.2, -0.15) is 0 Å². The van der Waals surface area contributed by atoms with E-state index in [4.69, 9.17) is 0 Å². The van der Waals surface area contributed by atoms with E-state index in [9.17, 15) is 9.59 Å². The van der Waals surface area contributed by atoms with Crippen molar-refractivity contribution in [1.82, 2.24) is 10.3 Å². The van der Waals surface area contributed by atoms with Gasteiger partial charge >= 0.3 is 0 Å². The lowest BCUT2D eigenvalue weighted by Gasteiger charge is -2.16. The normalized spacial score (nSPS) is 11.7. The number of nitrogens with one attached hydrogen (secondary N) is 2. The van der Waals surface area contributed by atoms with Crippen LogP contribution in [0.15, 0.2) is 83.1 Å². The molecule has 0 aliphatic heterocycles. The van der Waals surface area contributed by atoms with Crippen LogP contribution in [-0.4, -0.2) is 16.8 Å². The second-order valence-electron chi connectivity index (χ2n) is 6.92. The Balaban J connectivity index is 1.48. The Morgan fingerprint density at radius 1 is 1.00 bits per heavy atom. The van der Waals surface area contributed by atoms with Crippen molar-refractivity contribution in [3.05, 3.63) is 88.6 Å². The summed E-state index contributed by atoms with van der Waals surface area (Å²) in [5.74, 6) is -0.163. The highest BCUT2D eigenvalue weighted by molar-refractivity contribution is 8.00. The zero-order valence-corrected chi connectivity index (χ0v) is 19.7. The van der Waals surface area contributed by atoms with E-state index >= 15 is 0 Å². The summed E-state index contributed by atoms with van der Waals surface area (Å²) in [5, 5.41) is 7.90. The van der Waals surface area contributed by atoms with Crippen molar-refractivity contribution < 1.29 is 9.59 Å². The Bertz CT molecular complexity index is 1190. The number of amides is 2. The van der Waals surface area contributed by atoms with Crippen LogP contribution in [0.2, 0.25) is 0 Å². The maximum atomic E-state index is 13.2. The molecule has 0 unspecified atom stereocenters. The molecule has 1 atom stereocenters. The SMILES string of the molecule is CC(=O)NCc1ccc(-c2csc(NC(=O)[C@@H](Sc3ccccc3)c3ccccc3)n2)s1. The lowest BCUT2D eigenvalue weighted by Crippen LogP contribution is -2.18. The molecule has 162 valence electrons. The Kier molecular flexibility index (Phi) is 7.36. The maximum Gasteiger partial charge on any atom is 0.244 e. The van der Waals surface area contributed by atoms with Crippen LogP contribution < -0.4 is 10.6 Å². The molecule has 0 spiro atoms. The first kappa shape index (κ1) is 22.3. The Labute approximate surface area is 198 Å². The molecular formula is C24H21N3O2S3. The second kappa shape index (κ2) is 10.6. The summed E-state index contributed by atoms with van der Waals surface area (Å²) in [6.45, 7) is 2.01. The van der Waals surface area contributed by atoms with Crippen molar-refractivity contribution in [1.29, 1.82) is 0 Å². The van der Waals surface area contributed by atoms with Gasteiger partial charge < -0.3 is 10.6 Å². The molecule has 8 heteroatoms. The first-order valence-electron chi connectivity index (χ1n) is 9.95. The zero-order chi connectivity index (χ0) is 22.3. The van der Waals surface area contributed by atoms with Gasteiger partial charge in [-0.3, -0.25) is 9.59 Å². The molecule has 4 aromatic rings. The van der Waals surface area contributed by atoms with Crippen LogP contribution in [0.25, 0.3) is 10.6 Å². The molecule has 4 rings (SSSR count). The number of carbonyl (C=O) groups excluding carboxylic acids is 2. The number of thioether (sulfide) groups is 1. The molecule has 0 aliphatic rings. The molecule has 2 amide bonds. The van der Waals surface area contributed by atoms with Crippen molar-refractivity contribution >= 4 is 51.4 Å². The molecule has 0 bridgehead atoms. The van der Waals surface area contributed by atoms with Crippen LogP contribution in [0.5, 0.6) is 0 Å². The van der Waals surface area contributed by atoms with Gasteiger partial charge in [-0.25, -0.2) is 4.98 Å². The van der Waals surface area contributed by atoms with Crippen molar-refractivity contribution in [2.24, 2.45) is 0 Å². The minimum atomic E-state index is -0.392. The van der Waals surface area contributed by atoms with E-state index in [2.05, 4.69) is 15.6 Å². The third kappa shape index (κ3) is 5.85. The van der Waals surface area contributed by atoms with Crippen molar-refractivity contribution in [3.8, 4) is 10.6 Å². The molecule has 5 nitrogen and oxygen atoms in total. The average Bonchev–Trinajstić information content (AvgIpc) is 3.47. The Morgan fingerprint density at radius 2 is 1.72 bits per heavy atom. The third-order valence-electron chi connectivity index (χ3n) is 4.50. The summed E-state index contributed by atoms with van der Waals surface area (Å²) < 4.78 is 0. The summed E-state index contributed by atoms with van der Waals surface area (Å²) in [7, 11) is 0. The highest BCUT2D eigenvalue weighted by Gasteiger charge is 2.23. The molecule has 2 aromatic heterocycles. The van der Waals surface area contributed by atoms with Crippen LogP contribution in [0, 0.1) is 0 Å². The number of hydrogen-bond acceptors (Lipinski definition) is 6. The summed E-state index contributed by atoms with van der Waals surface area (Å²) in [6, 6.07) is 23.6. The maximum absolute atomic E-state index is 13.2. The summed E-state index contributed by atoms with van der Waals surface area (Å²) in [6.07, 6.45) is 0. The largest absolute Gasteiger partial charge is 0.351 e. The minimum Gasteiger partial charge on any atom is -0.351 e. The van der Waals surface area contributed by atoms with E-state index in [-0.39, 0.29) is 11.8 Å². The van der Waals surface area contributed by atoms with Gasteiger partial charge in [-0.05, 0) is 29.8 Å². The quantitative estimate of drug-likeness (QED) is 0.305. The number of aromatic nitrogens is 1. The average molecular weight is 480 g/mol. The molecule has 0 radical (unpaired) electrons. The number of carbonyl (C=O) groups is 2. The van der Waals surface area contributed by atoms with E-state index in [1.54, 1.807) is 11.3 Å². The number of hydrogen-bond donors (Lipinski definition) is 2. The van der Waals surface area contributed by atoms with Crippen molar-refractivity contribution in [2.75, 3.05) is 5.32 Å². The molecule has 0 saturated carbocycles. The molecule has 0 saturated heterocycles. The van der Waals surface area contributed by atoms with Gasteiger partial charge in [0.05, 0.1) is 17.1 Å². The molecule has 2 N–H and O–H groups in total. The van der Waals surface area contributed by atoms with Gasteiger partial charge in [0.1, 0.15) is 5.25 Å². The molecule has 2 aromatic carbocycles. The molecular weight excluding hydrogens is 458 g/mol. The number of benzene rings is 2. The number of nitrogens with zero attached hydrogens (tertiary/aromatic N) is 1. The summed E-state index contributed by atoms with van der Waals surface area (Å²) >= 11 is 4.50. The van der Waals surface area contributed by atoms with Gasteiger partial charge in [0.15, 0.2) is 5.13 Å². The van der Waals surface area contributed by atoms with Crippen molar-refractivity contribution in [3.63, 3.8) is 0 Å². The van der Waals surface area contributed by atoms with Crippen LogP contribution in [0.1, 0.15) is 22.6 Å². The molecule has 2 heterocycles. The molecule has 0 fully saturated rings. The molecule has 0 aliphatic carbocycles. The number of thiazole rings is 1. The van der Waals surface area contributed by atoms with Crippen molar-refractivity contribution in [2.45, 2.75) is 23.6 Å². The summed E-state index contributed by atoms with van der Waals surface area (Å²) in [4.78, 5) is 32.0. The van der Waals surface area contributed by atoms with E-state index in [1.807, 2.05) is 78.2 Å². The smallest absolute Gasteiger partial charge is 0.244 e. The second-order valence-corrected chi connectivity index (χ2v) is 10.1. The van der Waals surface area contributed by atoms with Gasteiger partial charge in [0.2, 0.25) is 11.8 Å². The van der Waals surface area contributed by atoms with Crippen LogP contribution in [-0.2, 0) is 16.1 Å². The Hall–Kier alpha value is -2.94. The lowest BCUT2D eigenvalue weighted by molar-refractivity contribution is -0.119. The minimum absolute atomic E-state index is 0.0556. The standard InChI is InChI=1S/C24H21N3O2S3/c1-16(28)25-14-19-12-13-21(31-19)20-15-30-24(26-20)27-23(29)22(17-8-4-2-5-9-17)32-18-10-6-3-7-11-18/h2-13,15,22H,14H2,1H3,(H,25,28)(H,26,27,29)/t22-/m0/s1. The predicted octanol–water partition coefficient (Wildman–Crippen LogP) is 5.98. The van der Waals surface area contributed by atoms with Gasteiger partial charge in [-0.15, -0.1) is 34.4 Å². The van der Waals surface area contributed by atoms with E-state index in [1.165, 1.54) is 30.0 Å². The van der Waals surface area contributed by atoms with Gasteiger partial charge in [0.25, 0.3) is 0 Å².